The molecule has 0 bridgehead atoms. The van der Waals surface area contributed by atoms with E-state index in [1.54, 1.807) is 0 Å². The van der Waals surface area contributed by atoms with Crippen molar-refractivity contribution in [1.29, 1.82) is 0 Å². The number of benzene rings is 1. The number of hydrogen-bond acceptors (Lipinski definition) is 3. The maximum absolute atomic E-state index is 10.5. The van der Waals surface area contributed by atoms with Gasteiger partial charge in [-0.05, 0) is 13.0 Å². The molecule has 58 valence electrons. The third-order valence-corrected chi connectivity index (χ3v) is 1.38. The van der Waals surface area contributed by atoms with Crippen molar-refractivity contribution in [3.63, 3.8) is 0 Å². The Kier molecular flexibility index (Phi) is 1.20. The minimum atomic E-state index is -0.659. The van der Waals surface area contributed by atoms with Crippen molar-refractivity contribution in [3.8, 4) is 0 Å². The summed E-state index contributed by atoms with van der Waals surface area (Å²) in [5.41, 5.74) is 5.33. The molecule has 0 heterocycles. The zero-order valence-corrected chi connectivity index (χ0v) is 5.92. The Morgan fingerprint density at radius 2 is 2.36 bits per heavy atom. The maximum Gasteiger partial charge on any atom is 0.274 e. The lowest BCUT2D eigenvalue weighted by atomic mass is 10.2. The van der Waals surface area contributed by atoms with E-state index in [9.17, 15) is 10.1 Å². The summed E-state index contributed by atoms with van der Waals surface area (Å²) >= 11 is 0. The molecule has 2 N–H and O–H groups in total. The predicted molar refractivity (Wildman–Crippen MR) is 42.2 cm³/mol. The first-order valence-corrected chi connectivity index (χ1v) is 2.95. The molecular formula is C7H8N2O2. The van der Waals surface area contributed by atoms with E-state index in [4.69, 9.17) is 8.48 Å². The predicted octanol–water partition coefficient (Wildman–Crippen LogP) is 1.49. The third kappa shape index (κ3) is 1.29. The summed E-state index contributed by atoms with van der Waals surface area (Å²) in [6.07, 6.45) is 0. The molecule has 0 aliphatic rings. The van der Waals surface area contributed by atoms with Crippen molar-refractivity contribution in [2.75, 3.05) is 5.73 Å². The van der Waals surface area contributed by atoms with Crippen molar-refractivity contribution in [1.82, 2.24) is 0 Å². The van der Waals surface area contributed by atoms with Crippen LogP contribution in [-0.2, 0) is 0 Å². The average Bonchev–Trinajstić information content (AvgIpc) is 1.99. The molecule has 0 saturated heterocycles. The number of nitro groups is 1. The lowest BCUT2D eigenvalue weighted by Crippen LogP contribution is -1.95. The Labute approximate surface area is 66.6 Å². The lowest BCUT2D eigenvalue weighted by Gasteiger charge is -1.98. The summed E-state index contributed by atoms with van der Waals surface area (Å²) in [6.45, 7) is 1.43. The van der Waals surface area contributed by atoms with Crippen molar-refractivity contribution in [3.05, 3.63) is 33.8 Å². The van der Waals surface area contributed by atoms with Gasteiger partial charge in [0.05, 0.1) is 7.66 Å². The van der Waals surface area contributed by atoms with E-state index in [0.29, 0.717) is 0 Å². The molecule has 0 unspecified atom stereocenters. The molecule has 0 aliphatic carbocycles. The number of nitrogens with two attached hydrogens (primary N) is 1. The first-order chi connectivity index (χ1) is 5.95. The van der Waals surface area contributed by atoms with Crippen molar-refractivity contribution < 1.29 is 7.66 Å². The zero-order chi connectivity index (χ0) is 10.2. The summed E-state index contributed by atoms with van der Waals surface area (Å²) < 4.78 is 14.5. The molecule has 11 heavy (non-hydrogen) atoms. The molecule has 0 atom stereocenters. The van der Waals surface area contributed by atoms with Gasteiger partial charge in [0.1, 0.15) is 0 Å². The zero-order valence-electron chi connectivity index (χ0n) is 7.92. The van der Waals surface area contributed by atoms with Crippen LogP contribution in [-0.4, -0.2) is 4.92 Å². The Hall–Kier alpha value is -1.58. The van der Waals surface area contributed by atoms with E-state index in [1.807, 2.05) is 0 Å². The van der Waals surface area contributed by atoms with Gasteiger partial charge in [0.2, 0.25) is 0 Å². The monoisotopic (exact) mass is 154 g/mol. The van der Waals surface area contributed by atoms with Crippen LogP contribution in [0.5, 0.6) is 0 Å². The van der Waals surface area contributed by atoms with Crippen LogP contribution in [0.2, 0.25) is 0 Å². The molecule has 1 aromatic rings. The largest absolute Gasteiger partial charge is 0.398 e. The highest BCUT2D eigenvalue weighted by atomic mass is 16.6. The lowest BCUT2D eigenvalue weighted by molar-refractivity contribution is -0.385. The fourth-order valence-corrected chi connectivity index (χ4v) is 0.716. The molecule has 1 rings (SSSR count). The number of anilines is 1. The molecule has 4 heteroatoms. The van der Waals surface area contributed by atoms with Gasteiger partial charge >= 0.3 is 0 Å². The van der Waals surface area contributed by atoms with Gasteiger partial charge in [-0.2, -0.15) is 0 Å². The van der Waals surface area contributed by atoms with E-state index in [2.05, 4.69) is 0 Å². The fraction of sp³-hybridized carbons (Fsp3) is 0.143. The molecule has 1 aromatic carbocycles. The second-order valence-corrected chi connectivity index (χ2v) is 2.08. The van der Waals surface area contributed by atoms with Crippen LogP contribution in [0.4, 0.5) is 11.4 Å². The van der Waals surface area contributed by atoms with Gasteiger partial charge in [-0.3, -0.25) is 10.1 Å². The van der Waals surface area contributed by atoms with Crippen molar-refractivity contribution >= 4 is 11.4 Å². The average molecular weight is 154 g/mol. The third-order valence-electron chi connectivity index (χ3n) is 1.38. The number of nitrogens with zero attached hydrogens (tertiary/aromatic N) is 1. The number of rotatable bonds is 1. The van der Waals surface area contributed by atoms with Gasteiger partial charge in [0.25, 0.3) is 5.69 Å². The highest BCUT2D eigenvalue weighted by Crippen LogP contribution is 2.21. The van der Waals surface area contributed by atoms with Crippen LogP contribution < -0.4 is 5.73 Å². The first-order valence-electron chi connectivity index (χ1n) is 3.95. The second-order valence-electron chi connectivity index (χ2n) is 2.08. The first kappa shape index (κ1) is 5.12. The summed E-state index contributed by atoms with van der Waals surface area (Å²) in [7, 11) is 0. The standard InChI is InChI=1S/C7H8N2O2/c1-5-6(8)3-2-4-7(5)9(10)11/h2-4H,8H2,1H3/i3D,4D. The topological polar surface area (TPSA) is 69.2 Å². The Morgan fingerprint density at radius 3 is 2.91 bits per heavy atom. The second kappa shape index (κ2) is 2.57. The molecule has 0 aromatic heterocycles. The highest BCUT2D eigenvalue weighted by Gasteiger charge is 2.10. The van der Waals surface area contributed by atoms with Crippen LogP contribution in [0.1, 0.15) is 8.30 Å². The number of nitrogen functional groups attached to an aromatic ring is 1. The van der Waals surface area contributed by atoms with E-state index < -0.39 is 4.92 Å². The smallest absolute Gasteiger partial charge is 0.274 e. The van der Waals surface area contributed by atoms with Crippen LogP contribution >= 0.6 is 0 Å². The SMILES string of the molecule is [2H]c1cc([2H])c([N+](=O)[O-])c(C)c1N. The Bertz CT molecular complexity index is 379. The van der Waals surface area contributed by atoms with Crippen molar-refractivity contribution in [2.45, 2.75) is 6.92 Å². The number of hydrogen-bond donors (Lipinski definition) is 1. The summed E-state index contributed by atoms with van der Waals surface area (Å²) in [5, 5.41) is 10.5. The Morgan fingerprint density at radius 1 is 1.73 bits per heavy atom. The normalized spacial score (nSPS) is 12.1. The van der Waals surface area contributed by atoms with Gasteiger partial charge in [0.15, 0.2) is 0 Å². The molecule has 0 radical (unpaired) electrons. The van der Waals surface area contributed by atoms with Crippen LogP contribution in [0, 0.1) is 17.0 Å². The van der Waals surface area contributed by atoms with Crippen LogP contribution in [0.15, 0.2) is 18.2 Å². The highest BCUT2D eigenvalue weighted by molar-refractivity contribution is 5.56. The Balaban J connectivity index is 3.53. The summed E-state index contributed by atoms with van der Waals surface area (Å²) in [6, 6.07) is 0.746. The molecular weight excluding hydrogens is 144 g/mol. The molecule has 0 amide bonds. The fourth-order valence-electron chi connectivity index (χ4n) is 0.716. The summed E-state index contributed by atoms with van der Waals surface area (Å²) in [5.74, 6) is 0. The quantitative estimate of drug-likeness (QED) is 0.378. The molecule has 0 aliphatic heterocycles. The van der Waals surface area contributed by atoms with Gasteiger partial charge in [-0.1, -0.05) is 6.07 Å². The van der Waals surface area contributed by atoms with E-state index >= 15 is 0 Å². The van der Waals surface area contributed by atoms with Gasteiger partial charge < -0.3 is 5.73 Å². The molecule has 0 spiro atoms. The maximum atomic E-state index is 10.5. The van der Waals surface area contributed by atoms with E-state index in [0.717, 1.165) is 6.07 Å². The van der Waals surface area contributed by atoms with Gasteiger partial charge in [-0.15, -0.1) is 0 Å². The minimum absolute atomic E-state index is 0.0481. The van der Waals surface area contributed by atoms with E-state index in [1.165, 1.54) is 6.92 Å². The van der Waals surface area contributed by atoms with Gasteiger partial charge in [-0.25, -0.2) is 0 Å². The molecule has 0 fully saturated rings. The summed E-state index contributed by atoms with van der Waals surface area (Å²) in [4.78, 5) is 9.82. The van der Waals surface area contributed by atoms with Crippen molar-refractivity contribution in [2.24, 2.45) is 0 Å². The van der Waals surface area contributed by atoms with Crippen LogP contribution in [0.3, 0.4) is 0 Å². The van der Waals surface area contributed by atoms with Gasteiger partial charge in [0, 0.05) is 17.3 Å². The van der Waals surface area contributed by atoms with Crippen LogP contribution in [0.25, 0.3) is 0 Å². The van der Waals surface area contributed by atoms with E-state index in [-0.39, 0.29) is 29.0 Å². The molecule has 0 saturated carbocycles. The molecule has 4 nitrogen and oxygen atoms in total. The minimum Gasteiger partial charge on any atom is -0.398 e. The number of nitro benzene ring substituents is 1.